The lowest BCUT2D eigenvalue weighted by Crippen LogP contribution is -2.28. The summed E-state index contributed by atoms with van der Waals surface area (Å²) in [5.41, 5.74) is 1.09. The average Bonchev–Trinajstić information content (AvgIpc) is 3.18. The highest BCUT2D eigenvalue weighted by Gasteiger charge is 2.20. The molecule has 11 heteroatoms. The van der Waals surface area contributed by atoms with E-state index in [1.165, 1.54) is 32.4 Å². The molecule has 2 aromatic heterocycles. The molecule has 0 amide bonds. The number of benzene rings is 3. The third-order valence-corrected chi connectivity index (χ3v) is 7.18. The maximum atomic E-state index is 14.6. The van der Waals surface area contributed by atoms with Crippen molar-refractivity contribution in [1.29, 1.82) is 0 Å². The van der Waals surface area contributed by atoms with Crippen molar-refractivity contribution in [1.82, 2.24) is 19.3 Å². The van der Waals surface area contributed by atoms with Crippen molar-refractivity contribution in [2.75, 3.05) is 18.8 Å². The maximum absolute atomic E-state index is 14.6. The maximum Gasteiger partial charge on any atom is 0.301 e. The van der Waals surface area contributed by atoms with E-state index in [4.69, 9.17) is 11.6 Å². The fourth-order valence-corrected chi connectivity index (χ4v) is 4.68. The minimum Gasteiger partial charge on any atom is -0.337 e. The molecule has 0 aliphatic carbocycles. The minimum atomic E-state index is -3.75. The molecule has 3 aromatic carbocycles. The van der Waals surface area contributed by atoms with Crippen LogP contribution in [-0.4, -0.2) is 41.8 Å². The van der Waals surface area contributed by atoms with Crippen LogP contribution in [0.15, 0.2) is 53.5 Å². The molecular formula is C22H17ClFN5O3S. The van der Waals surface area contributed by atoms with Crippen LogP contribution in [0.1, 0.15) is 0 Å². The molecule has 33 heavy (non-hydrogen) atoms. The van der Waals surface area contributed by atoms with Gasteiger partial charge < -0.3 is 9.97 Å². The third-order valence-electron chi connectivity index (χ3n) is 5.41. The Hall–Kier alpha value is -3.47. The van der Waals surface area contributed by atoms with Crippen LogP contribution in [0.3, 0.4) is 0 Å². The van der Waals surface area contributed by atoms with Gasteiger partial charge in [-0.2, -0.15) is 12.7 Å². The Morgan fingerprint density at radius 1 is 1.09 bits per heavy atom. The van der Waals surface area contributed by atoms with Crippen LogP contribution < -0.4 is 10.3 Å². The van der Waals surface area contributed by atoms with Crippen molar-refractivity contribution in [3.8, 4) is 11.4 Å². The first kappa shape index (κ1) is 21.4. The highest BCUT2D eigenvalue weighted by Crippen LogP contribution is 2.37. The summed E-state index contributed by atoms with van der Waals surface area (Å²) in [4.78, 5) is 23.2. The number of aromatic amines is 2. The molecule has 0 aliphatic rings. The summed E-state index contributed by atoms with van der Waals surface area (Å²) in [6.45, 7) is 0. The van der Waals surface area contributed by atoms with Gasteiger partial charge in [0.15, 0.2) is 0 Å². The number of fused-ring (bicyclic) bond motifs is 6. The summed E-state index contributed by atoms with van der Waals surface area (Å²) in [6.07, 6.45) is 1.50. The SMILES string of the molecule is CN(C)S(=O)(=O)Nc1ccc2c(c1)c1c(=O)[nH]ccc1c1nc(-c3c(F)cccc3Cl)[nH]c21. The van der Waals surface area contributed by atoms with Crippen LogP contribution in [0.4, 0.5) is 10.1 Å². The van der Waals surface area contributed by atoms with Crippen molar-refractivity contribution >= 4 is 60.1 Å². The standard InChI is InChI=1S/C22H17ClFN5O3S/c1-29(2)33(31,32)28-11-6-7-12-14(10-11)17-13(8-9-25-22(17)30)20-19(12)26-21(27-20)18-15(23)4-3-5-16(18)24/h3-10,28H,1-2H3,(H,25,30)(H,26,27). The summed E-state index contributed by atoms with van der Waals surface area (Å²) in [7, 11) is -0.927. The number of hydrogen-bond acceptors (Lipinski definition) is 4. The highest BCUT2D eigenvalue weighted by atomic mass is 35.5. The fourth-order valence-electron chi connectivity index (χ4n) is 3.82. The highest BCUT2D eigenvalue weighted by molar-refractivity contribution is 7.90. The largest absolute Gasteiger partial charge is 0.337 e. The van der Waals surface area contributed by atoms with Crippen LogP contribution in [-0.2, 0) is 10.2 Å². The van der Waals surface area contributed by atoms with Gasteiger partial charge in [-0.05, 0) is 35.7 Å². The number of nitrogens with one attached hydrogen (secondary N) is 3. The number of imidazole rings is 1. The topological polar surface area (TPSA) is 111 Å². The molecule has 0 bridgehead atoms. The van der Waals surface area contributed by atoms with Gasteiger partial charge in [-0.3, -0.25) is 9.52 Å². The van der Waals surface area contributed by atoms with Crippen LogP contribution >= 0.6 is 11.6 Å². The molecule has 2 heterocycles. The Balaban J connectivity index is 1.86. The first-order chi connectivity index (χ1) is 15.7. The van der Waals surface area contributed by atoms with E-state index < -0.39 is 16.0 Å². The van der Waals surface area contributed by atoms with Crippen molar-refractivity contribution < 1.29 is 12.8 Å². The number of nitrogens with zero attached hydrogens (tertiary/aromatic N) is 2. The molecule has 0 atom stereocenters. The first-order valence-electron chi connectivity index (χ1n) is 9.79. The second kappa shape index (κ2) is 7.55. The number of halogens is 2. The van der Waals surface area contributed by atoms with Gasteiger partial charge in [-0.15, -0.1) is 0 Å². The van der Waals surface area contributed by atoms with Crippen molar-refractivity contribution in [3.63, 3.8) is 0 Å². The van der Waals surface area contributed by atoms with E-state index in [1.807, 2.05) is 0 Å². The van der Waals surface area contributed by atoms with Crippen molar-refractivity contribution in [2.45, 2.75) is 0 Å². The van der Waals surface area contributed by atoms with Gasteiger partial charge in [-0.1, -0.05) is 23.7 Å². The van der Waals surface area contributed by atoms with Gasteiger partial charge in [0, 0.05) is 31.1 Å². The van der Waals surface area contributed by atoms with Crippen molar-refractivity contribution in [2.24, 2.45) is 0 Å². The number of pyridine rings is 1. The predicted molar refractivity (Wildman–Crippen MR) is 128 cm³/mol. The summed E-state index contributed by atoms with van der Waals surface area (Å²) in [5, 5.41) is 2.19. The second-order valence-corrected chi connectivity index (χ2v) is 9.94. The zero-order valence-electron chi connectivity index (χ0n) is 17.4. The number of H-pyrrole nitrogens is 2. The molecule has 0 radical (unpaired) electrons. The Morgan fingerprint density at radius 3 is 2.61 bits per heavy atom. The van der Waals surface area contributed by atoms with Crippen LogP contribution in [0.25, 0.3) is 44.0 Å². The van der Waals surface area contributed by atoms with Gasteiger partial charge in [0.2, 0.25) is 0 Å². The molecule has 0 unspecified atom stereocenters. The minimum absolute atomic E-state index is 0.122. The summed E-state index contributed by atoms with van der Waals surface area (Å²) in [5.74, 6) is -0.312. The molecule has 0 fully saturated rings. The lowest BCUT2D eigenvalue weighted by atomic mass is 10.0. The van der Waals surface area contributed by atoms with Crippen LogP contribution in [0.5, 0.6) is 0 Å². The fraction of sp³-hybridized carbons (Fsp3) is 0.0909. The molecule has 0 aliphatic heterocycles. The van der Waals surface area contributed by atoms with Gasteiger partial charge in [0.25, 0.3) is 5.56 Å². The summed E-state index contributed by atoms with van der Waals surface area (Å²) in [6, 6.07) is 10.9. The lowest BCUT2D eigenvalue weighted by molar-refractivity contribution is 0.527. The Morgan fingerprint density at radius 2 is 1.88 bits per heavy atom. The average molecular weight is 486 g/mol. The lowest BCUT2D eigenvalue weighted by Gasteiger charge is -2.14. The Kier molecular flexibility index (Phi) is 4.89. The summed E-state index contributed by atoms with van der Waals surface area (Å²) < 4.78 is 42.7. The normalized spacial score (nSPS) is 12.3. The Bertz CT molecular complexity index is 1720. The van der Waals surface area contributed by atoms with Gasteiger partial charge in [0.1, 0.15) is 11.6 Å². The van der Waals surface area contributed by atoms with Gasteiger partial charge in [-0.25, -0.2) is 9.37 Å². The zero-order valence-corrected chi connectivity index (χ0v) is 19.0. The smallest absolute Gasteiger partial charge is 0.301 e. The van der Waals surface area contributed by atoms with E-state index in [1.54, 1.807) is 30.3 Å². The van der Waals surface area contributed by atoms with E-state index in [0.717, 1.165) is 4.31 Å². The molecule has 168 valence electrons. The molecular weight excluding hydrogens is 469 g/mol. The molecule has 5 aromatic rings. The van der Waals surface area contributed by atoms with E-state index in [2.05, 4.69) is 19.7 Å². The molecule has 5 rings (SSSR count). The predicted octanol–water partition coefficient (Wildman–Crippen LogP) is 4.24. The number of aromatic nitrogens is 3. The van der Waals surface area contributed by atoms with Crippen LogP contribution in [0, 0.1) is 5.82 Å². The first-order valence-corrected chi connectivity index (χ1v) is 11.6. The molecule has 0 saturated carbocycles. The zero-order chi connectivity index (χ0) is 23.5. The molecule has 0 spiro atoms. The van der Waals surface area contributed by atoms with Crippen molar-refractivity contribution in [3.05, 3.63) is 69.9 Å². The van der Waals surface area contributed by atoms with E-state index in [0.29, 0.717) is 32.6 Å². The molecule has 3 N–H and O–H groups in total. The van der Waals surface area contributed by atoms with Gasteiger partial charge in [0.05, 0.1) is 32.7 Å². The van der Waals surface area contributed by atoms with E-state index >= 15 is 0 Å². The quantitative estimate of drug-likeness (QED) is 0.331. The third kappa shape index (κ3) is 3.43. The number of anilines is 1. The van der Waals surface area contributed by atoms with Gasteiger partial charge >= 0.3 is 10.2 Å². The molecule has 8 nitrogen and oxygen atoms in total. The second-order valence-electron chi connectivity index (χ2n) is 7.65. The van der Waals surface area contributed by atoms with Crippen LogP contribution in [0.2, 0.25) is 5.02 Å². The number of rotatable bonds is 4. The monoisotopic (exact) mass is 485 g/mol. The van der Waals surface area contributed by atoms with E-state index in [-0.39, 0.29) is 27.7 Å². The summed E-state index contributed by atoms with van der Waals surface area (Å²) >= 11 is 6.24. The number of hydrogen-bond donors (Lipinski definition) is 3. The molecule has 0 saturated heterocycles. The Labute approximate surface area is 192 Å². The van der Waals surface area contributed by atoms with E-state index in [9.17, 15) is 17.6 Å².